The number of ether oxygens (including phenoxy) is 1. The molecule has 11 heteroatoms. The maximum absolute atomic E-state index is 14.8. The Bertz CT molecular complexity index is 1850. The van der Waals surface area contributed by atoms with Gasteiger partial charge in [0.05, 0.1) is 17.7 Å². The van der Waals surface area contributed by atoms with Crippen LogP contribution in [0.5, 0.6) is 5.75 Å². The van der Waals surface area contributed by atoms with Gasteiger partial charge in [-0.2, -0.15) is 0 Å². The lowest BCUT2D eigenvalue weighted by atomic mass is 9.94. The molecule has 0 aromatic heterocycles. The molecule has 0 bridgehead atoms. The molecule has 0 radical (unpaired) electrons. The maximum atomic E-state index is 14.8. The summed E-state index contributed by atoms with van der Waals surface area (Å²) in [6.45, 7) is 1.22. The zero-order chi connectivity index (χ0) is 35.0. The van der Waals surface area contributed by atoms with Crippen molar-refractivity contribution in [2.75, 3.05) is 18.0 Å². The number of amides is 2. The minimum atomic E-state index is -4.25. The Hall–Kier alpha value is -4.05. The largest absolute Gasteiger partial charge is 0.497 e. The van der Waals surface area contributed by atoms with Crippen LogP contribution in [0.3, 0.4) is 0 Å². The minimum Gasteiger partial charge on any atom is -0.497 e. The van der Waals surface area contributed by atoms with Gasteiger partial charge in [0.2, 0.25) is 11.8 Å². The second-order valence-corrected chi connectivity index (χ2v) is 15.0. The molecule has 258 valence electrons. The van der Waals surface area contributed by atoms with Crippen LogP contribution < -0.4 is 14.4 Å². The summed E-state index contributed by atoms with van der Waals surface area (Å²) in [5.74, 6) is -0.458. The van der Waals surface area contributed by atoms with Gasteiger partial charge in [-0.1, -0.05) is 103 Å². The summed E-state index contributed by atoms with van der Waals surface area (Å²) in [6, 6.07) is 26.4. The third-order valence-electron chi connectivity index (χ3n) is 8.81. The van der Waals surface area contributed by atoms with Crippen molar-refractivity contribution in [3.8, 4) is 5.75 Å². The lowest BCUT2D eigenvalue weighted by molar-refractivity contribution is -0.140. The van der Waals surface area contributed by atoms with Crippen LogP contribution in [0.1, 0.15) is 48.8 Å². The van der Waals surface area contributed by atoms with Crippen molar-refractivity contribution in [3.63, 3.8) is 0 Å². The lowest BCUT2D eigenvalue weighted by Gasteiger charge is -2.35. The minimum absolute atomic E-state index is 0.00853. The van der Waals surface area contributed by atoms with E-state index >= 15 is 0 Å². The van der Waals surface area contributed by atoms with Crippen LogP contribution in [0.15, 0.2) is 102 Å². The topological polar surface area (TPSA) is 96.0 Å². The number of halogens is 2. The van der Waals surface area contributed by atoms with Crippen molar-refractivity contribution in [2.45, 2.75) is 69.0 Å². The third kappa shape index (κ3) is 9.35. The van der Waals surface area contributed by atoms with E-state index < -0.39 is 28.5 Å². The predicted molar refractivity (Wildman–Crippen MR) is 195 cm³/mol. The van der Waals surface area contributed by atoms with E-state index in [0.717, 1.165) is 47.5 Å². The molecule has 4 aromatic carbocycles. The lowest BCUT2D eigenvalue weighted by Crippen LogP contribution is -2.55. The van der Waals surface area contributed by atoms with E-state index in [0.29, 0.717) is 21.4 Å². The molecule has 4 aromatic rings. The third-order valence-corrected chi connectivity index (χ3v) is 11.2. The van der Waals surface area contributed by atoms with E-state index in [4.69, 9.17) is 27.9 Å². The van der Waals surface area contributed by atoms with E-state index in [1.165, 1.54) is 24.1 Å². The molecule has 8 nitrogen and oxygen atoms in total. The molecule has 49 heavy (non-hydrogen) atoms. The van der Waals surface area contributed by atoms with Gasteiger partial charge in [0, 0.05) is 35.1 Å². The molecule has 1 aliphatic carbocycles. The van der Waals surface area contributed by atoms with Gasteiger partial charge in [-0.25, -0.2) is 8.42 Å². The summed E-state index contributed by atoms with van der Waals surface area (Å²) >= 11 is 12.8. The summed E-state index contributed by atoms with van der Waals surface area (Å²) in [7, 11) is -2.77. The highest BCUT2D eigenvalue weighted by atomic mass is 35.5. The van der Waals surface area contributed by atoms with Crippen molar-refractivity contribution in [3.05, 3.63) is 124 Å². The summed E-state index contributed by atoms with van der Waals surface area (Å²) < 4.78 is 35.1. The van der Waals surface area contributed by atoms with Crippen molar-refractivity contribution in [1.29, 1.82) is 0 Å². The highest BCUT2D eigenvalue weighted by molar-refractivity contribution is 7.92. The zero-order valence-corrected chi connectivity index (χ0v) is 30.0. The van der Waals surface area contributed by atoms with E-state index in [2.05, 4.69) is 5.32 Å². The first-order valence-electron chi connectivity index (χ1n) is 16.4. The highest BCUT2D eigenvalue weighted by Crippen LogP contribution is 2.29. The highest BCUT2D eigenvalue weighted by Gasteiger charge is 2.36. The molecule has 0 heterocycles. The number of methoxy groups -OCH3 is 1. The average Bonchev–Trinajstić information content (AvgIpc) is 3.10. The molecule has 1 fully saturated rings. The standard InChI is InChI=1S/C38H41Cl2N3O5S/c1-27-16-20-34(21-17-27)49(46,47)43(32-14-9-15-33(24-32)48-2)26-37(44)42(25-29-18-19-30(39)23-35(29)40)36(22-28-10-5-3-6-11-28)38(45)41-31-12-7-4-8-13-31/h3,5-6,9-11,14-21,23-24,31,36H,4,7-8,12-13,22,25-26H2,1-2H3,(H,41,45). The molecule has 5 rings (SSSR count). The first-order valence-corrected chi connectivity index (χ1v) is 18.6. The molecule has 1 N–H and O–H groups in total. The first kappa shape index (κ1) is 36.2. The van der Waals surface area contributed by atoms with Crippen LogP contribution in [0.2, 0.25) is 10.0 Å². The molecule has 0 aliphatic heterocycles. The van der Waals surface area contributed by atoms with Gasteiger partial charge in [0.25, 0.3) is 10.0 Å². The van der Waals surface area contributed by atoms with E-state index in [1.54, 1.807) is 54.6 Å². The molecule has 0 saturated heterocycles. The smallest absolute Gasteiger partial charge is 0.264 e. The SMILES string of the molecule is COc1cccc(N(CC(=O)N(Cc2ccc(Cl)cc2Cl)C(Cc2ccccc2)C(=O)NC2CCCCC2)S(=O)(=O)c2ccc(C)cc2)c1. The summed E-state index contributed by atoms with van der Waals surface area (Å²) in [5, 5.41) is 3.96. The first-order chi connectivity index (χ1) is 23.5. The molecule has 1 unspecified atom stereocenters. The Morgan fingerprint density at radius 2 is 1.61 bits per heavy atom. The number of rotatable bonds is 13. The fraction of sp³-hybridized carbons (Fsp3) is 0.316. The molecule has 2 amide bonds. The average molecular weight is 723 g/mol. The Morgan fingerprint density at radius 1 is 0.898 bits per heavy atom. The number of carbonyl (C=O) groups excluding carboxylic acids is 2. The van der Waals surface area contributed by atoms with Crippen molar-refractivity contribution < 1.29 is 22.7 Å². The number of hydrogen-bond acceptors (Lipinski definition) is 5. The van der Waals surface area contributed by atoms with Gasteiger partial charge in [-0.05, 0) is 67.3 Å². The van der Waals surface area contributed by atoms with Gasteiger partial charge in [-0.3, -0.25) is 13.9 Å². The number of nitrogens with zero attached hydrogens (tertiary/aromatic N) is 2. The number of carbonyl (C=O) groups is 2. The fourth-order valence-electron chi connectivity index (χ4n) is 6.06. The van der Waals surface area contributed by atoms with Gasteiger partial charge >= 0.3 is 0 Å². The number of anilines is 1. The quantitative estimate of drug-likeness (QED) is 0.154. The fourth-order valence-corrected chi connectivity index (χ4v) is 7.94. The molecule has 1 saturated carbocycles. The maximum Gasteiger partial charge on any atom is 0.264 e. The van der Waals surface area contributed by atoms with Crippen molar-refractivity contribution in [2.24, 2.45) is 0 Å². The van der Waals surface area contributed by atoms with Gasteiger partial charge in [0.15, 0.2) is 0 Å². The van der Waals surface area contributed by atoms with Crippen LogP contribution in [0, 0.1) is 6.92 Å². The molecule has 1 aliphatic rings. The van der Waals surface area contributed by atoms with E-state index in [-0.39, 0.29) is 35.5 Å². The Labute approximate surface area is 299 Å². The Morgan fingerprint density at radius 3 is 2.29 bits per heavy atom. The number of aryl methyl sites for hydroxylation is 1. The predicted octanol–water partition coefficient (Wildman–Crippen LogP) is 7.59. The van der Waals surface area contributed by atoms with Crippen LogP contribution in [-0.2, 0) is 32.6 Å². The number of sulfonamides is 1. The number of hydrogen-bond donors (Lipinski definition) is 1. The number of benzene rings is 4. The second kappa shape index (κ2) is 16.6. The number of nitrogens with one attached hydrogen (secondary N) is 1. The Kier molecular flexibility index (Phi) is 12.3. The van der Waals surface area contributed by atoms with Crippen LogP contribution in [0.4, 0.5) is 5.69 Å². The van der Waals surface area contributed by atoms with Gasteiger partial charge in [0.1, 0.15) is 18.3 Å². The van der Waals surface area contributed by atoms with Gasteiger partial charge < -0.3 is 15.0 Å². The van der Waals surface area contributed by atoms with Crippen molar-refractivity contribution >= 4 is 50.7 Å². The summed E-state index contributed by atoms with van der Waals surface area (Å²) in [6.07, 6.45) is 5.08. The van der Waals surface area contributed by atoms with Crippen LogP contribution >= 0.6 is 23.2 Å². The molecule has 1 atom stereocenters. The Balaban J connectivity index is 1.59. The summed E-state index contributed by atoms with van der Waals surface area (Å²) in [4.78, 5) is 30.5. The zero-order valence-electron chi connectivity index (χ0n) is 27.6. The second-order valence-electron chi connectivity index (χ2n) is 12.3. The van der Waals surface area contributed by atoms with Crippen molar-refractivity contribution in [1.82, 2.24) is 10.2 Å². The normalized spacial score (nSPS) is 14.1. The van der Waals surface area contributed by atoms with Crippen LogP contribution in [-0.4, -0.2) is 50.9 Å². The van der Waals surface area contributed by atoms with E-state index in [9.17, 15) is 18.0 Å². The van der Waals surface area contributed by atoms with E-state index in [1.807, 2.05) is 37.3 Å². The van der Waals surface area contributed by atoms with Gasteiger partial charge in [-0.15, -0.1) is 0 Å². The van der Waals surface area contributed by atoms with Crippen LogP contribution in [0.25, 0.3) is 0 Å². The molecular formula is C38H41Cl2N3O5S. The molecule has 0 spiro atoms. The molecular weight excluding hydrogens is 681 g/mol. The monoisotopic (exact) mass is 721 g/mol. The summed E-state index contributed by atoms with van der Waals surface area (Å²) in [5.41, 5.74) is 2.55.